The second-order valence-electron chi connectivity index (χ2n) is 4.65. The molecule has 0 saturated carbocycles. The lowest BCUT2D eigenvalue weighted by Crippen LogP contribution is -2.31. The third kappa shape index (κ3) is 3.03. The molecule has 1 atom stereocenters. The SMILES string of the molecule is CN1CCCC1CNc1cc(Br)ccc1C(=O)O. The molecule has 4 nitrogen and oxygen atoms in total. The van der Waals surface area contributed by atoms with Gasteiger partial charge in [0.2, 0.25) is 0 Å². The quantitative estimate of drug-likeness (QED) is 0.897. The topological polar surface area (TPSA) is 52.6 Å². The number of nitrogens with one attached hydrogen (secondary N) is 1. The standard InChI is InChI=1S/C13H17BrN2O2/c1-16-6-2-3-10(16)8-15-12-7-9(14)4-5-11(12)13(17)18/h4-5,7,10,15H,2-3,6,8H2,1H3,(H,17,18). The molecule has 18 heavy (non-hydrogen) atoms. The Kier molecular flexibility index (Phi) is 4.24. The smallest absolute Gasteiger partial charge is 0.337 e. The number of carboxylic acids is 1. The molecule has 5 heteroatoms. The molecule has 1 aromatic carbocycles. The van der Waals surface area contributed by atoms with Crippen molar-refractivity contribution >= 4 is 27.6 Å². The number of likely N-dealkylation sites (tertiary alicyclic amines) is 1. The third-order valence-electron chi connectivity index (χ3n) is 3.41. The van der Waals surface area contributed by atoms with Gasteiger partial charge < -0.3 is 15.3 Å². The molecule has 0 aliphatic carbocycles. The fourth-order valence-electron chi connectivity index (χ4n) is 2.31. The lowest BCUT2D eigenvalue weighted by Gasteiger charge is -2.21. The average Bonchev–Trinajstić information content (AvgIpc) is 2.72. The van der Waals surface area contributed by atoms with Crippen LogP contribution in [0.5, 0.6) is 0 Å². The number of benzene rings is 1. The first-order valence-electron chi connectivity index (χ1n) is 6.05. The maximum atomic E-state index is 11.1. The predicted molar refractivity (Wildman–Crippen MR) is 75.2 cm³/mol. The van der Waals surface area contributed by atoms with Gasteiger partial charge in [0, 0.05) is 22.7 Å². The van der Waals surface area contributed by atoms with Crippen LogP contribution in [0.4, 0.5) is 5.69 Å². The van der Waals surface area contributed by atoms with E-state index in [0.717, 1.165) is 17.6 Å². The van der Waals surface area contributed by atoms with E-state index in [-0.39, 0.29) is 0 Å². The molecule has 0 radical (unpaired) electrons. The molecule has 2 rings (SSSR count). The molecule has 0 spiro atoms. The first-order valence-corrected chi connectivity index (χ1v) is 6.84. The van der Waals surface area contributed by atoms with Gasteiger partial charge in [-0.25, -0.2) is 4.79 Å². The zero-order valence-corrected chi connectivity index (χ0v) is 11.9. The van der Waals surface area contributed by atoms with E-state index in [4.69, 9.17) is 5.11 Å². The molecule has 1 fully saturated rings. The highest BCUT2D eigenvalue weighted by Gasteiger charge is 2.21. The molecule has 1 aliphatic heterocycles. The molecule has 2 N–H and O–H groups in total. The van der Waals surface area contributed by atoms with Gasteiger partial charge >= 0.3 is 5.97 Å². The van der Waals surface area contributed by atoms with Crippen LogP contribution in [0.25, 0.3) is 0 Å². The minimum absolute atomic E-state index is 0.318. The van der Waals surface area contributed by atoms with Crippen molar-refractivity contribution in [2.45, 2.75) is 18.9 Å². The molecule has 0 bridgehead atoms. The van der Waals surface area contributed by atoms with Gasteiger partial charge in [0.25, 0.3) is 0 Å². The molecule has 0 aromatic heterocycles. The number of hydrogen-bond acceptors (Lipinski definition) is 3. The Bertz CT molecular complexity index is 451. The number of carbonyl (C=O) groups is 1. The van der Waals surface area contributed by atoms with E-state index >= 15 is 0 Å². The number of halogens is 1. The fourth-order valence-corrected chi connectivity index (χ4v) is 2.68. The summed E-state index contributed by atoms with van der Waals surface area (Å²) in [7, 11) is 2.11. The summed E-state index contributed by atoms with van der Waals surface area (Å²) in [5.41, 5.74) is 0.996. The third-order valence-corrected chi connectivity index (χ3v) is 3.90. The Hall–Kier alpha value is -1.07. The van der Waals surface area contributed by atoms with Gasteiger partial charge in [-0.1, -0.05) is 15.9 Å². The first-order chi connectivity index (χ1) is 8.58. The molecule has 0 amide bonds. The molecular weight excluding hydrogens is 296 g/mol. The molecule has 1 unspecified atom stereocenters. The van der Waals surface area contributed by atoms with Crippen LogP contribution in [-0.4, -0.2) is 42.2 Å². The van der Waals surface area contributed by atoms with Crippen molar-refractivity contribution in [3.8, 4) is 0 Å². The number of rotatable bonds is 4. The van der Waals surface area contributed by atoms with Crippen molar-refractivity contribution in [1.82, 2.24) is 4.90 Å². The number of nitrogens with zero attached hydrogens (tertiary/aromatic N) is 1. The Balaban J connectivity index is 2.08. The average molecular weight is 313 g/mol. The predicted octanol–water partition coefficient (Wildman–Crippen LogP) is 2.65. The van der Waals surface area contributed by atoms with E-state index in [0.29, 0.717) is 17.3 Å². The highest BCUT2D eigenvalue weighted by Crippen LogP contribution is 2.23. The summed E-state index contributed by atoms with van der Waals surface area (Å²) in [6, 6.07) is 5.67. The molecule has 1 aromatic rings. The van der Waals surface area contributed by atoms with Crippen LogP contribution in [0.2, 0.25) is 0 Å². The summed E-state index contributed by atoms with van der Waals surface area (Å²) in [5, 5.41) is 12.4. The second-order valence-corrected chi connectivity index (χ2v) is 5.57. The van der Waals surface area contributed by atoms with E-state index in [2.05, 4.69) is 33.2 Å². The largest absolute Gasteiger partial charge is 0.478 e. The van der Waals surface area contributed by atoms with E-state index in [1.54, 1.807) is 12.1 Å². The molecule has 1 heterocycles. The van der Waals surface area contributed by atoms with E-state index in [9.17, 15) is 4.79 Å². The zero-order valence-electron chi connectivity index (χ0n) is 10.3. The Morgan fingerprint density at radius 3 is 3.00 bits per heavy atom. The van der Waals surface area contributed by atoms with Gasteiger partial charge in [0.05, 0.1) is 5.56 Å². The second kappa shape index (κ2) is 5.71. The van der Waals surface area contributed by atoms with Crippen LogP contribution >= 0.6 is 15.9 Å². The summed E-state index contributed by atoms with van der Waals surface area (Å²) in [6.07, 6.45) is 2.38. The number of aromatic carboxylic acids is 1. The van der Waals surface area contributed by atoms with Crippen LogP contribution in [0, 0.1) is 0 Å². The maximum Gasteiger partial charge on any atom is 0.337 e. The van der Waals surface area contributed by atoms with Gasteiger partial charge in [-0.2, -0.15) is 0 Å². The minimum Gasteiger partial charge on any atom is -0.478 e. The Morgan fingerprint density at radius 2 is 2.39 bits per heavy atom. The van der Waals surface area contributed by atoms with E-state index in [1.165, 1.54) is 12.8 Å². The zero-order chi connectivity index (χ0) is 13.1. The van der Waals surface area contributed by atoms with Crippen LogP contribution < -0.4 is 5.32 Å². The number of carboxylic acid groups (broad SMARTS) is 1. The van der Waals surface area contributed by atoms with Crippen molar-refractivity contribution in [3.63, 3.8) is 0 Å². The van der Waals surface area contributed by atoms with Gasteiger partial charge in [0.15, 0.2) is 0 Å². The van der Waals surface area contributed by atoms with E-state index < -0.39 is 5.97 Å². The van der Waals surface area contributed by atoms with Crippen molar-refractivity contribution in [1.29, 1.82) is 0 Å². The summed E-state index contributed by atoms with van der Waals surface area (Å²) in [6.45, 7) is 1.91. The van der Waals surface area contributed by atoms with Gasteiger partial charge in [0.1, 0.15) is 0 Å². The van der Waals surface area contributed by atoms with Gasteiger partial charge in [-0.3, -0.25) is 0 Å². The summed E-state index contributed by atoms with van der Waals surface area (Å²) in [4.78, 5) is 13.4. The molecule has 1 saturated heterocycles. The number of hydrogen-bond donors (Lipinski definition) is 2. The van der Waals surface area contributed by atoms with Crippen LogP contribution in [0.15, 0.2) is 22.7 Å². The lowest BCUT2D eigenvalue weighted by atomic mass is 10.1. The minimum atomic E-state index is -0.898. The van der Waals surface area contributed by atoms with Crippen molar-refractivity contribution in [2.24, 2.45) is 0 Å². The Labute approximate surface area is 115 Å². The van der Waals surface area contributed by atoms with Crippen molar-refractivity contribution < 1.29 is 9.90 Å². The monoisotopic (exact) mass is 312 g/mol. The Morgan fingerprint density at radius 1 is 1.61 bits per heavy atom. The first kappa shape index (κ1) is 13.4. The number of anilines is 1. The molecular formula is C13H17BrN2O2. The van der Waals surface area contributed by atoms with Crippen LogP contribution in [0.3, 0.4) is 0 Å². The van der Waals surface area contributed by atoms with Gasteiger partial charge in [-0.15, -0.1) is 0 Å². The summed E-state index contributed by atoms with van der Waals surface area (Å²) < 4.78 is 0.884. The fraction of sp³-hybridized carbons (Fsp3) is 0.462. The molecule has 98 valence electrons. The molecule has 1 aliphatic rings. The van der Waals surface area contributed by atoms with Crippen molar-refractivity contribution in [2.75, 3.05) is 25.5 Å². The highest BCUT2D eigenvalue weighted by atomic mass is 79.9. The summed E-state index contributed by atoms with van der Waals surface area (Å²) in [5.74, 6) is -0.898. The van der Waals surface area contributed by atoms with Crippen LogP contribution in [-0.2, 0) is 0 Å². The lowest BCUT2D eigenvalue weighted by molar-refractivity contribution is 0.0698. The highest BCUT2D eigenvalue weighted by molar-refractivity contribution is 9.10. The van der Waals surface area contributed by atoms with Crippen molar-refractivity contribution in [3.05, 3.63) is 28.2 Å². The normalized spacial score (nSPS) is 20.0. The summed E-state index contributed by atoms with van der Waals surface area (Å²) >= 11 is 3.37. The van der Waals surface area contributed by atoms with E-state index in [1.807, 2.05) is 6.07 Å². The number of likely N-dealkylation sites (N-methyl/N-ethyl adjacent to an activating group) is 1. The van der Waals surface area contributed by atoms with Gasteiger partial charge in [-0.05, 0) is 44.6 Å². The maximum absolute atomic E-state index is 11.1. The van der Waals surface area contributed by atoms with Crippen LogP contribution in [0.1, 0.15) is 23.2 Å².